The van der Waals surface area contributed by atoms with E-state index in [1.807, 2.05) is 7.05 Å². The predicted molar refractivity (Wildman–Crippen MR) is 82.4 cm³/mol. The molecule has 0 fully saturated rings. The Morgan fingerprint density at radius 1 is 1.40 bits per heavy atom. The maximum absolute atomic E-state index is 5.97. The first-order valence-electron chi connectivity index (χ1n) is 6.53. The Hall–Kier alpha value is -1.40. The van der Waals surface area contributed by atoms with Crippen LogP contribution in [0, 0.1) is 6.92 Å². The van der Waals surface area contributed by atoms with Crippen molar-refractivity contribution < 1.29 is 0 Å². The van der Waals surface area contributed by atoms with E-state index in [0.29, 0.717) is 5.15 Å². The molecule has 2 aromatic rings. The second-order valence-corrected chi connectivity index (χ2v) is 6.59. The number of anilines is 2. The number of fused-ring (bicyclic) bond motifs is 1. The molecule has 106 valence electrons. The topological polar surface area (TPSA) is 67.9 Å². The van der Waals surface area contributed by atoms with Crippen molar-refractivity contribution in [3.63, 3.8) is 0 Å². The molecule has 3 rings (SSSR count). The van der Waals surface area contributed by atoms with Gasteiger partial charge in [-0.25, -0.2) is 9.97 Å². The van der Waals surface area contributed by atoms with Crippen molar-refractivity contribution in [1.29, 1.82) is 0 Å². The molecule has 0 saturated carbocycles. The average molecular weight is 310 g/mol. The normalized spacial score (nSPS) is 17.9. The standard InChI is InChI=1S/C13H16ClN5S/c1-7-16-8-4-3-5-9(12(8)20-7)19(2)11-6-10(14)17-13(15)18-11/h6,9H,3-5H2,1-2H3,(H2,15,17,18). The van der Waals surface area contributed by atoms with Gasteiger partial charge in [-0.2, -0.15) is 4.98 Å². The Morgan fingerprint density at radius 2 is 2.20 bits per heavy atom. The zero-order valence-corrected chi connectivity index (χ0v) is 13.0. The van der Waals surface area contributed by atoms with Crippen LogP contribution in [0.3, 0.4) is 0 Å². The highest BCUT2D eigenvalue weighted by atomic mass is 35.5. The van der Waals surface area contributed by atoms with E-state index in [2.05, 4.69) is 26.8 Å². The lowest BCUT2D eigenvalue weighted by molar-refractivity contribution is 0.545. The van der Waals surface area contributed by atoms with Gasteiger partial charge in [-0.1, -0.05) is 11.6 Å². The monoisotopic (exact) mass is 309 g/mol. The number of hydrogen-bond donors (Lipinski definition) is 1. The molecule has 1 aliphatic carbocycles. The highest BCUT2D eigenvalue weighted by Crippen LogP contribution is 2.39. The van der Waals surface area contributed by atoms with Crippen LogP contribution in [0.5, 0.6) is 0 Å². The molecule has 2 N–H and O–H groups in total. The van der Waals surface area contributed by atoms with E-state index in [9.17, 15) is 0 Å². The minimum Gasteiger partial charge on any atom is -0.368 e. The second kappa shape index (κ2) is 5.18. The molecular weight excluding hydrogens is 294 g/mol. The van der Waals surface area contributed by atoms with Crippen LogP contribution in [0.1, 0.15) is 34.5 Å². The zero-order chi connectivity index (χ0) is 14.3. The van der Waals surface area contributed by atoms with E-state index in [-0.39, 0.29) is 12.0 Å². The lowest BCUT2D eigenvalue weighted by Crippen LogP contribution is -2.27. The third kappa shape index (κ3) is 2.45. The van der Waals surface area contributed by atoms with Crippen LogP contribution in [0.4, 0.5) is 11.8 Å². The first-order chi connectivity index (χ1) is 9.54. The minimum absolute atomic E-state index is 0.205. The van der Waals surface area contributed by atoms with Gasteiger partial charge in [-0.3, -0.25) is 0 Å². The van der Waals surface area contributed by atoms with Crippen molar-refractivity contribution in [3.05, 3.63) is 26.8 Å². The van der Waals surface area contributed by atoms with Gasteiger partial charge in [0.1, 0.15) is 11.0 Å². The molecule has 0 spiro atoms. The molecule has 20 heavy (non-hydrogen) atoms. The fourth-order valence-electron chi connectivity index (χ4n) is 2.65. The number of hydrogen-bond acceptors (Lipinski definition) is 6. The Bertz CT molecular complexity index is 621. The highest BCUT2D eigenvalue weighted by Gasteiger charge is 2.28. The molecule has 0 amide bonds. The number of aromatic nitrogens is 3. The lowest BCUT2D eigenvalue weighted by Gasteiger charge is -2.31. The molecule has 0 saturated heterocycles. The minimum atomic E-state index is 0.205. The van der Waals surface area contributed by atoms with Crippen LogP contribution in [0.15, 0.2) is 6.07 Å². The summed E-state index contributed by atoms with van der Waals surface area (Å²) < 4.78 is 0. The Kier molecular flexibility index (Phi) is 3.52. The molecule has 7 heteroatoms. The summed E-state index contributed by atoms with van der Waals surface area (Å²) in [7, 11) is 2.02. The summed E-state index contributed by atoms with van der Waals surface area (Å²) in [6.45, 7) is 2.06. The summed E-state index contributed by atoms with van der Waals surface area (Å²) in [6.07, 6.45) is 3.29. The Morgan fingerprint density at radius 3 is 2.95 bits per heavy atom. The first-order valence-corrected chi connectivity index (χ1v) is 7.73. The van der Waals surface area contributed by atoms with E-state index < -0.39 is 0 Å². The lowest BCUT2D eigenvalue weighted by atomic mass is 9.97. The number of thiazole rings is 1. The highest BCUT2D eigenvalue weighted by molar-refractivity contribution is 7.11. The number of nitrogens with zero attached hydrogens (tertiary/aromatic N) is 4. The zero-order valence-electron chi connectivity index (χ0n) is 11.4. The van der Waals surface area contributed by atoms with Crippen molar-refractivity contribution >= 4 is 34.7 Å². The number of nitrogen functional groups attached to an aromatic ring is 1. The van der Waals surface area contributed by atoms with Gasteiger partial charge in [0, 0.05) is 13.1 Å². The first kappa shape index (κ1) is 13.6. The van der Waals surface area contributed by atoms with Crippen LogP contribution in [0.2, 0.25) is 5.15 Å². The van der Waals surface area contributed by atoms with Crippen molar-refractivity contribution in [2.75, 3.05) is 17.7 Å². The van der Waals surface area contributed by atoms with Gasteiger partial charge < -0.3 is 10.6 Å². The molecule has 1 atom stereocenters. The number of halogens is 1. The molecule has 5 nitrogen and oxygen atoms in total. The maximum atomic E-state index is 5.97. The smallest absolute Gasteiger partial charge is 0.223 e. The van der Waals surface area contributed by atoms with Crippen LogP contribution < -0.4 is 10.6 Å². The van der Waals surface area contributed by atoms with E-state index in [1.165, 1.54) is 10.6 Å². The Labute approximate surface area is 126 Å². The molecule has 1 aliphatic rings. The summed E-state index contributed by atoms with van der Waals surface area (Å²) in [5, 5.41) is 1.49. The SMILES string of the molecule is Cc1nc2c(s1)C(N(C)c1cc(Cl)nc(N)n1)CCC2. The van der Waals surface area contributed by atoms with Crippen molar-refractivity contribution in [3.8, 4) is 0 Å². The summed E-state index contributed by atoms with van der Waals surface area (Å²) in [5.74, 6) is 0.960. The van der Waals surface area contributed by atoms with Crippen molar-refractivity contribution in [2.24, 2.45) is 0 Å². The summed E-state index contributed by atoms with van der Waals surface area (Å²) >= 11 is 7.74. The number of rotatable bonds is 2. The van der Waals surface area contributed by atoms with Gasteiger partial charge in [-0.15, -0.1) is 11.3 Å². The molecule has 0 radical (unpaired) electrons. The van der Waals surface area contributed by atoms with E-state index in [4.69, 9.17) is 17.3 Å². The Balaban J connectivity index is 1.96. The molecule has 1 unspecified atom stereocenters. The van der Waals surface area contributed by atoms with Gasteiger partial charge in [0.2, 0.25) is 5.95 Å². The molecule has 0 aliphatic heterocycles. The van der Waals surface area contributed by atoms with Gasteiger partial charge >= 0.3 is 0 Å². The summed E-state index contributed by atoms with van der Waals surface area (Å²) in [4.78, 5) is 16.3. The van der Waals surface area contributed by atoms with Crippen molar-refractivity contribution in [1.82, 2.24) is 15.0 Å². The van der Waals surface area contributed by atoms with Gasteiger partial charge in [0.15, 0.2) is 0 Å². The van der Waals surface area contributed by atoms with Gasteiger partial charge in [0.25, 0.3) is 0 Å². The largest absolute Gasteiger partial charge is 0.368 e. The fourth-order valence-corrected chi connectivity index (χ4v) is 3.99. The summed E-state index contributed by atoms with van der Waals surface area (Å²) in [5.41, 5.74) is 6.91. The van der Waals surface area contributed by atoms with E-state index >= 15 is 0 Å². The van der Waals surface area contributed by atoms with Crippen molar-refractivity contribution in [2.45, 2.75) is 32.2 Å². The fraction of sp³-hybridized carbons (Fsp3) is 0.462. The van der Waals surface area contributed by atoms with Gasteiger partial charge in [0.05, 0.1) is 21.6 Å². The third-order valence-corrected chi connectivity index (χ3v) is 4.86. The molecular formula is C13H16ClN5S. The molecule has 0 bridgehead atoms. The van der Waals surface area contributed by atoms with E-state index in [0.717, 1.165) is 30.1 Å². The maximum Gasteiger partial charge on any atom is 0.223 e. The molecule has 2 heterocycles. The van der Waals surface area contributed by atoms with Crippen LogP contribution >= 0.6 is 22.9 Å². The molecule has 0 aromatic carbocycles. The quantitative estimate of drug-likeness (QED) is 0.864. The van der Waals surface area contributed by atoms with Crippen LogP contribution in [0.25, 0.3) is 0 Å². The summed E-state index contributed by atoms with van der Waals surface area (Å²) in [6, 6.07) is 2.04. The van der Waals surface area contributed by atoms with Crippen LogP contribution in [-0.2, 0) is 6.42 Å². The number of nitrogens with two attached hydrogens (primary N) is 1. The third-order valence-electron chi connectivity index (χ3n) is 3.56. The number of aryl methyl sites for hydroxylation is 2. The predicted octanol–water partition coefficient (Wildman–Crippen LogP) is 2.99. The second-order valence-electron chi connectivity index (χ2n) is 4.97. The van der Waals surface area contributed by atoms with E-state index in [1.54, 1.807) is 17.4 Å². The van der Waals surface area contributed by atoms with Gasteiger partial charge in [-0.05, 0) is 26.2 Å². The molecule has 2 aromatic heterocycles. The average Bonchev–Trinajstić information content (AvgIpc) is 2.76. The van der Waals surface area contributed by atoms with Crippen LogP contribution in [-0.4, -0.2) is 22.0 Å².